The molecule has 0 radical (unpaired) electrons. The first-order valence-corrected chi connectivity index (χ1v) is 15.7. The van der Waals surface area contributed by atoms with Crippen LogP contribution >= 0.6 is 0 Å². The summed E-state index contributed by atoms with van der Waals surface area (Å²) in [5, 5.41) is 2.84. The third-order valence-corrected chi connectivity index (χ3v) is 10.1. The van der Waals surface area contributed by atoms with Crippen LogP contribution in [0.5, 0.6) is 5.75 Å². The summed E-state index contributed by atoms with van der Waals surface area (Å²) in [6, 6.07) is 14.7. The molecular weight excluding hydrogens is 542 g/mol. The maximum Gasteiger partial charge on any atom is 0.264 e. The number of likely N-dealkylation sites (tertiary alicyclic amines) is 1. The molecule has 9 nitrogen and oxygen atoms in total. The first-order valence-electron chi connectivity index (χ1n) is 14.2. The predicted octanol–water partition coefficient (Wildman–Crippen LogP) is 3.56. The number of piperidine rings is 1. The van der Waals surface area contributed by atoms with Crippen LogP contribution in [0, 0.1) is 17.8 Å². The first kappa shape index (κ1) is 28.9. The second-order valence-electron chi connectivity index (χ2n) is 11.4. The van der Waals surface area contributed by atoms with E-state index in [4.69, 9.17) is 4.74 Å². The van der Waals surface area contributed by atoms with Crippen LogP contribution in [0.25, 0.3) is 0 Å². The van der Waals surface area contributed by atoms with Crippen molar-refractivity contribution in [1.82, 2.24) is 14.9 Å². The minimum absolute atomic E-state index is 0.132. The molecule has 2 aliphatic carbocycles. The van der Waals surface area contributed by atoms with Crippen molar-refractivity contribution < 1.29 is 27.5 Å². The molecule has 0 bridgehead atoms. The van der Waals surface area contributed by atoms with Gasteiger partial charge in [0.05, 0.1) is 4.90 Å². The van der Waals surface area contributed by atoms with E-state index in [9.17, 15) is 22.8 Å². The molecule has 3 aliphatic rings. The van der Waals surface area contributed by atoms with Crippen LogP contribution in [-0.2, 0) is 31.0 Å². The van der Waals surface area contributed by atoms with E-state index in [-0.39, 0.29) is 23.8 Å². The molecule has 10 heteroatoms. The van der Waals surface area contributed by atoms with Gasteiger partial charge in [-0.05, 0) is 48.8 Å². The molecule has 2 saturated carbocycles. The van der Waals surface area contributed by atoms with Crippen molar-refractivity contribution in [3.8, 4) is 5.75 Å². The molecule has 3 amide bonds. The van der Waals surface area contributed by atoms with Crippen molar-refractivity contribution in [2.24, 2.45) is 17.8 Å². The summed E-state index contributed by atoms with van der Waals surface area (Å²) >= 11 is 0. The third kappa shape index (κ3) is 6.17. The first-order chi connectivity index (χ1) is 19.6. The highest BCUT2D eigenvalue weighted by atomic mass is 32.2. The van der Waals surface area contributed by atoms with E-state index in [1.165, 1.54) is 19.1 Å². The average Bonchev–Trinajstić information content (AvgIpc) is 3.70. The Morgan fingerprint density at radius 1 is 1.07 bits per heavy atom. The Hall–Kier alpha value is -3.66. The Bertz CT molecular complexity index is 1430. The summed E-state index contributed by atoms with van der Waals surface area (Å²) in [4.78, 5) is 41.0. The van der Waals surface area contributed by atoms with Gasteiger partial charge < -0.3 is 15.0 Å². The highest BCUT2D eigenvalue weighted by molar-refractivity contribution is 7.90. The smallest absolute Gasteiger partial charge is 0.264 e. The van der Waals surface area contributed by atoms with Crippen molar-refractivity contribution >= 4 is 27.7 Å². The molecule has 3 unspecified atom stereocenters. The van der Waals surface area contributed by atoms with E-state index in [0.29, 0.717) is 30.6 Å². The topological polar surface area (TPSA) is 122 Å². The van der Waals surface area contributed by atoms with Crippen LogP contribution in [0.4, 0.5) is 0 Å². The summed E-state index contributed by atoms with van der Waals surface area (Å²) in [6.07, 6.45) is 6.62. The SMILES string of the molecule is C=C[C@@H]1C[C@]1(NC(=O)C1CC2CCCCC2CN1C(C)=O)C(=O)NS(=O)(=O)c1cccc(OCc2ccccc2)c1. The summed E-state index contributed by atoms with van der Waals surface area (Å²) < 4.78 is 34.4. The number of benzene rings is 2. The van der Waals surface area contributed by atoms with E-state index in [1.807, 2.05) is 30.3 Å². The summed E-state index contributed by atoms with van der Waals surface area (Å²) in [5.41, 5.74) is -0.518. The van der Waals surface area contributed by atoms with Gasteiger partial charge in [-0.2, -0.15) is 0 Å². The largest absolute Gasteiger partial charge is 0.489 e. The lowest BCUT2D eigenvalue weighted by molar-refractivity contribution is -0.145. The van der Waals surface area contributed by atoms with E-state index in [0.717, 1.165) is 31.2 Å². The Morgan fingerprint density at radius 2 is 1.80 bits per heavy atom. The lowest BCUT2D eigenvalue weighted by Crippen LogP contribution is -2.60. The summed E-state index contributed by atoms with van der Waals surface area (Å²) in [5.74, 6) is -0.797. The van der Waals surface area contributed by atoms with Crippen molar-refractivity contribution in [3.05, 3.63) is 72.8 Å². The summed E-state index contributed by atoms with van der Waals surface area (Å²) in [7, 11) is -4.27. The van der Waals surface area contributed by atoms with Gasteiger partial charge in [-0.25, -0.2) is 13.1 Å². The number of hydrogen-bond donors (Lipinski definition) is 2. The molecule has 1 aliphatic heterocycles. The van der Waals surface area contributed by atoms with Gasteiger partial charge in [-0.3, -0.25) is 14.4 Å². The van der Waals surface area contributed by atoms with Gasteiger partial charge >= 0.3 is 0 Å². The van der Waals surface area contributed by atoms with Crippen LogP contribution in [0.15, 0.2) is 72.1 Å². The number of nitrogens with zero attached hydrogens (tertiary/aromatic N) is 1. The van der Waals surface area contributed by atoms with Gasteiger partial charge in [0.2, 0.25) is 11.8 Å². The Balaban J connectivity index is 1.29. The van der Waals surface area contributed by atoms with Gasteiger partial charge in [0.25, 0.3) is 15.9 Å². The van der Waals surface area contributed by atoms with Gasteiger partial charge in [0.1, 0.15) is 23.9 Å². The highest BCUT2D eigenvalue weighted by Gasteiger charge is 2.61. The second kappa shape index (κ2) is 11.7. The van der Waals surface area contributed by atoms with Gasteiger partial charge in [-0.1, -0.05) is 61.7 Å². The molecule has 41 heavy (non-hydrogen) atoms. The van der Waals surface area contributed by atoms with E-state index >= 15 is 0 Å². The predicted molar refractivity (Wildman–Crippen MR) is 153 cm³/mol. The number of sulfonamides is 1. The number of carbonyl (C=O) groups excluding carboxylic acids is 3. The molecule has 2 N–H and O–H groups in total. The number of ether oxygens (including phenoxy) is 1. The van der Waals surface area contributed by atoms with Crippen molar-refractivity contribution in [3.63, 3.8) is 0 Å². The minimum atomic E-state index is -4.27. The lowest BCUT2D eigenvalue weighted by atomic mass is 9.72. The fourth-order valence-electron chi connectivity index (χ4n) is 6.31. The van der Waals surface area contributed by atoms with Crippen molar-refractivity contribution in [1.29, 1.82) is 0 Å². The van der Waals surface area contributed by atoms with Crippen LogP contribution < -0.4 is 14.8 Å². The zero-order valence-corrected chi connectivity index (χ0v) is 24.1. The normalized spacial score (nSPS) is 27.2. The maximum atomic E-state index is 13.6. The summed E-state index contributed by atoms with van der Waals surface area (Å²) in [6.45, 7) is 6.01. The number of amides is 3. The number of carbonyl (C=O) groups is 3. The molecule has 218 valence electrons. The second-order valence-corrected chi connectivity index (χ2v) is 13.1. The zero-order chi connectivity index (χ0) is 29.2. The zero-order valence-electron chi connectivity index (χ0n) is 23.3. The van der Waals surface area contributed by atoms with Crippen LogP contribution in [0.2, 0.25) is 0 Å². The van der Waals surface area contributed by atoms with Gasteiger partial charge in [0.15, 0.2) is 0 Å². The monoisotopic (exact) mass is 579 g/mol. The van der Waals surface area contributed by atoms with E-state index < -0.39 is 39.3 Å². The van der Waals surface area contributed by atoms with Crippen LogP contribution in [0.1, 0.15) is 51.0 Å². The molecule has 5 rings (SSSR count). The van der Waals surface area contributed by atoms with Gasteiger partial charge in [0, 0.05) is 25.5 Å². The molecule has 0 aromatic heterocycles. The molecule has 2 aromatic carbocycles. The molecule has 0 spiro atoms. The Morgan fingerprint density at radius 3 is 2.49 bits per heavy atom. The quantitative estimate of drug-likeness (QED) is 0.438. The molecule has 3 fully saturated rings. The molecule has 1 saturated heterocycles. The third-order valence-electron chi connectivity index (χ3n) is 8.75. The van der Waals surface area contributed by atoms with E-state index in [2.05, 4.69) is 16.6 Å². The Kier molecular flexibility index (Phi) is 8.22. The van der Waals surface area contributed by atoms with E-state index in [1.54, 1.807) is 23.1 Å². The molecule has 2 aromatic rings. The van der Waals surface area contributed by atoms with Crippen molar-refractivity contribution in [2.45, 2.75) is 68.5 Å². The molecule has 5 atom stereocenters. The van der Waals surface area contributed by atoms with Crippen LogP contribution in [-0.4, -0.2) is 49.2 Å². The maximum absolute atomic E-state index is 13.6. The molecule has 1 heterocycles. The lowest BCUT2D eigenvalue weighted by Gasteiger charge is -2.45. The highest BCUT2D eigenvalue weighted by Crippen LogP contribution is 2.46. The standard InChI is InChI=1S/C31H37N3O6S/c1-3-25-18-31(25,32-29(36)28-16-23-12-7-8-13-24(23)19-34(28)21(2)35)30(37)33-41(38,39)27-15-9-14-26(17-27)40-20-22-10-5-4-6-11-22/h3-6,9-11,14-15,17,23-25,28H,1,7-8,12-13,16,18-20H2,2H3,(H,32,36)(H,33,37)/t23?,24?,25-,28?,31-/m1/s1. The number of fused-ring (bicyclic) bond motifs is 1. The number of rotatable bonds is 9. The number of hydrogen-bond acceptors (Lipinski definition) is 6. The van der Waals surface area contributed by atoms with Gasteiger partial charge in [-0.15, -0.1) is 6.58 Å². The van der Waals surface area contributed by atoms with Crippen LogP contribution in [0.3, 0.4) is 0 Å². The molecular formula is C31H37N3O6S. The Labute approximate surface area is 241 Å². The fourth-order valence-corrected chi connectivity index (χ4v) is 7.38. The van der Waals surface area contributed by atoms with Crippen molar-refractivity contribution in [2.75, 3.05) is 6.54 Å². The minimum Gasteiger partial charge on any atom is -0.489 e. The average molecular weight is 580 g/mol. The fraction of sp³-hybridized carbons (Fsp3) is 0.452. The number of nitrogens with one attached hydrogen (secondary N) is 2.